The molecule has 2 heterocycles. The molecule has 0 atom stereocenters. The summed E-state index contributed by atoms with van der Waals surface area (Å²) in [4.78, 5) is 4.94. The molecule has 15 aromatic carbocycles. The van der Waals surface area contributed by atoms with Crippen LogP contribution in [0.4, 0.5) is 34.1 Å². The van der Waals surface area contributed by atoms with Gasteiger partial charge in [-0.15, -0.1) is 0 Å². The number of rotatable bonds is 8. The second-order valence-corrected chi connectivity index (χ2v) is 23.7. The van der Waals surface area contributed by atoms with Gasteiger partial charge in [-0.05, 0) is 137 Å². The van der Waals surface area contributed by atoms with Gasteiger partial charge >= 0.3 is 0 Å². The van der Waals surface area contributed by atoms with Crippen molar-refractivity contribution < 1.29 is 8.83 Å². The maximum absolute atomic E-state index is 7.09. The standard InChI is InChI=1S/C85H52N2O2/c1-3-25-53(26-4-1)56-29-13-19-43-73(56)86(75-45-23-39-67-62-35-15-21-47-78(62)88-83(67)75)55-49-50-66-69(51-55)58-31-7-9-37-64(58)81-80-65-38-10-8-34-61(65)77(52-72(80)85(82(66)81)70-41-17-11-32-59(70)60-33-12-18-42-71(60)85)87(74-44-20-14-30-57(74)54-27-5-2-6-28-54)76-46-24-40-68-63-36-16-22-48-79(63)89-84(68)76/h1-52H. The van der Waals surface area contributed by atoms with E-state index in [1.54, 1.807) is 0 Å². The molecule has 0 fully saturated rings. The molecule has 0 saturated heterocycles. The van der Waals surface area contributed by atoms with Crippen molar-refractivity contribution in [2.75, 3.05) is 9.80 Å². The summed E-state index contributed by atoms with van der Waals surface area (Å²) in [7, 11) is 0. The van der Waals surface area contributed by atoms with Crippen molar-refractivity contribution >= 4 is 110 Å². The number of para-hydroxylation sites is 6. The van der Waals surface area contributed by atoms with E-state index in [0.717, 1.165) is 106 Å². The van der Waals surface area contributed by atoms with Crippen LogP contribution in [-0.2, 0) is 5.41 Å². The highest BCUT2D eigenvalue weighted by Gasteiger charge is 2.54. The normalized spacial score (nSPS) is 12.8. The number of furan rings is 2. The number of hydrogen-bond acceptors (Lipinski definition) is 4. The summed E-state index contributed by atoms with van der Waals surface area (Å²) in [5.74, 6) is 0. The van der Waals surface area contributed by atoms with Gasteiger partial charge in [-0.25, -0.2) is 0 Å². The van der Waals surface area contributed by atoms with E-state index in [2.05, 4.69) is 325 Å². The van der Waals surface area contributed by atoms with Crippen molar-refractivity contribution in [3.63, 3.8) is 0 Å². The molecule has 0 radical (unpaired) electrons. The molecule has 4 nitrogen and oxygen atoms in total. The quantitative estimate of drug-likeness (QED) is 0.142. The second kappa shape index (κ2) is 19.1. The Balaban J connectivity index is 0.945. The lowest BCUT2D eigenvalue weighted by molar-refractivity contribution is 0.668. The minimum Gasteiger partial charge on any atom is -0.454 e. The van der Waals surface area contributed by atoms with Crippen molar-refractivity contribution in [3.8, 4) is 44.5 Å². The summed E-state index contributed by atoms with van der Waals surface area (Å²) in [6.07, 6.45) is 0. The first kappa shape index (κ1) is 49.5. The van der Waals surface area contributed by atoms with Crippen LogP contribution >= 0.6 is 0 Å². The molecular formula is C85H52N2O2. The van der Waals surface area contributed by atoms with Crippen LogP contribution in [0.25, 0.3) is 121 Å². The lowest BCUT2D eigenvalue weighted by atomic mass is 9.69. The molecule has 17 aromatic rings. The van der Waals surface area contributed by atoms with Crippen molar-refractivity contribution in [2.45, 2.75) is 5.41 Å². The van der Waals surface area contributed by atoms with Crippen LogP contribution in [-0.4, -0.2) is 0 Å². The van der Waals surface area contributed by atoms with Crippen molar-refractivity contribution in [2.24, 2.45) is 0 Å². The fourth-order valence-corrected chi connectivity index (χ4v) is 15.7. The SMILES string of the molecule is c1ccc(-c2ccccc2N(c2ccc3c4c(c5ccccc5c3c2)-c2c(cc(N(c3ccccc3-c3ccccc3)c3cccc5c3oc3ccccc35)c3ccccc23)C42c3ccccc3-c3ccccc32)c2cccc3c2oc2ccccc23)cc1. The highest BCUT2D eigenvalue weighted by Crippen LogP contribution is 2.68. The minimum atomic E-state index is -0.782. The van der Waals surface area contributed by atoms with Crippen molar-refractivity contribution in [1.82, 2.24) is 0 Å². The van der Waals surface area contributed by atoms with Crippen LogP contribution in [0.3, 0.4) is 0 Å². The Morgan fingerprint density at radius 3 is 1.25 bits per heavy atom. The van der Waals surface area contributed by atoms with E-state index in [1.165, 1.54) is 71.4 Å². The van der Waals surface area contributed by atoms with Crippen molar-refractivity contribution in [1.29, 1.82) is 0 Å². The molecule has 0 aliphatic heterocycles. The fourth-order valence-electron chi connectivity index (χ4n) is 15.7. The van der Waals surface area contributed by atoms with E-state index in [1.807, 2.05) is 0 Å². The Morgan fingerprint density at radius 1 is 0.236 bits per heavy atom. The summed E-state index contributed by atoms with van der Waals surface area (Å²) in [6.45, 7) is 0. The van der Waals surface area contributed by atoms with Gasteiger partial charge in [0.2, 0.25) is 0 Å². The maximum atomic E-state index is 7.09. The molecule has 0 unspecified atom stereocenters. The van der Waals surface area contributed by atoms with Crippen LogP contribution < -0.4 is 9.80 Å². The van der Waals surface area contributed by atoms with Gasteiger partial charge in [0.25, 0.3) is 0 Å². The van der Waals surface area contributed by atoms with Gasteiger partial charge in [-0.1, -0.05) is 261 Å². The predicted molar refractivity (Wildman–Crippen MR) is 370 cm³/mol. The van der Waals surface area contributed by atoms with Gasteiger partial charge in [0.15, 0.2) is 11.2 Å². The highest BCUT2D eigenvalue weighted by atomic mass is 16.3. The van der Waals surface area contributed by atoms with Crippen LogP contribution in [0.15, 0.2) is 324 Å². The molecule has 2 aliphatic carbocycles. The van der Waals surface area contributed by atoms with Gasteiger partial charge in [0, 0.05) is 43.7 Å². The van der Waals surface area contributed by atoms with Gasteiger partial charge in [-0.2, -0.15) is 0 Å². The average molecular weight is 1130 g/mol. The van der Waals surface area contributed by atoms with Crippen molar-refractivity contribution in [3.05, 3.63) is 338 Å². The molecule has 2 aliphatic rings. The van der Waals surface area contributed by atoms with E-state index in [-0.39, 0.29) is 0 Å². The third-order valence-corrected chi connectivity index (χ3v) is 19.2. The van der Waals surface area contributed by atoms with Crippen LogP contribution in [0, 0.1) is 0 Å². The Labute approximate surface area is 513 Å². The van der Waals surface area contributed by atoms with E-state index in [4.69, 9.17) is 8.83 Å². The van der Waals surface area contributed by atoms with E-state index in [0.29, 0.717) is 0 Å². The van der Waals surface area contributed by atoms with E-state index < -0.39 is 5.41 Å². The Bertz CT molecular complexity index is 5730. The summed E-state index contributed by atoms with van der Waals surface area (Å²) >= 11 is 0. The first-order valence-corrected chi connectivity index (χ1v) is 30.7. The first-order chi connectivity index (χ1) is 44.2. The zero-order valence-corrected chi connectivity index (χ0v) is 48.2. The molecule has 0 amide bonds. The van der Waals surface area contributed by atoms with Gasteiger partial charge < -0.3 is 18.6 Å². The highest BCUT2D eigenvalue weighted by molar-refractivity contribution is 6.25. The van der Waals surface area contributed by atoms with Crippen LogP contribution in [0.1, 0.15) is 22.3 Å². The number of benzene rings is 15. The summed E-state index contributed by atoms with van der Waals surface area (Å²) < 4.78 is 14.1. The Morgan fingerprint density at radius 2 is 0.663 bits per heavy atom. The molecule has 0 N–H and O–H groups in total. The molecular weight excluding hydrogens is 1080 g/mol. The molecule has 19 rings (SSSR count). The van der Waals surface area contributed by atoms with Crippen LogP contribution in [0.5, 0.6) is 0 Å². The summed E-state index contributed by atoms with van der Waals surface area (Å²) in [5, 5.41) is 11.4. The zero-order valence-electron chi connectivity index (χ0n) is 48.2. The maximum Gasteiger partial charge on any atom is 0.159 e. The largest absolute Gasteiger partial charge is 0.454 e. The molecule has 0 bridgehead atoms. The van der Waals surface area contributed by atoms with Gasteiger partial charge in [0.1, 0.15) is 11.2 Å². The molecule has 4 heteroatoms. The summed E-state index contributed by atoms with van der Waals surface area (Å²) in [6, 6.07) is 116. The number of anilines is 6. The lowest BCUT2D eigenvalue weighted by Crippen LogP contribution is -2.26. The van der Waals surface area contributed by atoms with Gasteiger partial charge in [-0.3, -0.25) is 0 Å². The third-order valence-electron chi connectivity index (χ3n) is 19.2. The number of hydrogen-bond donors (Lipinski definition) is 0. The molecule has 414 valence electrons. The molecule has 1 spiro atoms. The molecule has 89 heavy (non-hydrogen) atoms. The van der Waals surface area contributed by atoms with E-state index in [9.17, 15) is 0 Å². The summed E-state index contributed by atoms with van der Waals surface area (Å²) in [5.41, 5.74) is 23.3. The topological polar surface area (TPSA) is 32.8 Å². The lowest BCUT2D eigenvalue weighted by Gasteiger charge is -2.34. The zero-order chi connectivity index (χ0) is 58.3. The number of nitrogens with zero attached hydrogens (tertiary/aromatic N) is 2. The fraction of sp³-hybridized carbons (Fsp3) is 0.0118. The van der Waals surface area contributed by atoms with E-state index >= 15 is 0 Å². The number of fused-ring (bicyclic) bond motifs is 23. The monoisotopic (exact) mass is 1130 g/mol. The predicted octanol–water partition coefficient (Wildman–Crippen LogP) is 23.6. The minimum absolute atomic E-state index is 0.782. The average Bonchev–Trinajstić information content (AvgIpc) is 1.50. The first-order valence-electron chi connectivity index (χ1n) is 30.7. The Hall–Kier alpha value is -11.7. The molecule has 2 aromatic heterocycles. The molecule has 0 saturated carbocycles. The third kappa shape index (κ3) is 7.00. The van der Waals surface area contributed by atoms with Gasteiger partial charge in [0.05, 0.1) is 33.9 Å². The van der Waals surface area contributed by atoms with Crippen LogP contribution in [0.2, 0.25) is 0 Å². The Kier molecular flexibility index (Phi) is 10.7. The second-order valence-electron chi connectivity index (χ2n) is 23.7. The smallest absolute Gasteiger partial charge is 0.159 e.